The highest BCUT2D eigenvalue weighted by Gasteiger charge is 2.04. The zero-order valence-corrected chi connectivity index (χ0v) is 12.4. The summed E-state index contributed by atoms with van der Waals surface area (Å²) in [6, 6.07) is 14.0. The van der Waals surface area contributed by atoms with Crippen molar-refractivity contribution in [1.82, 2.24) is 0 Å². The smallest absolute Gasteiger partial charge is 0.122 e. The topological polar surface area (TPSA) is 38.5 Å². The zero-order chi connectivity index (χ0) is 14.5. The number of rotatable bonds is 5. The molecule has 3 heteroatoms. The molecule has 0 spiro atoms. The maximum Gasteiger partial charge on any atom is 0.122 e. The summed E-state index contributed by atoms with van der Waals surface area (Å²) in [5.74, 6) is 0.968. The molecule has 0 aliphatic rings. The van der Waals surface area contributed by atoms with E-state index in [2.05, 4.69) is 31.9 Å². The molecule has 106 valence electrons. The molecule has 0 aliphatic carbocycles. The van der Waals surface area contributed by atoms with E-state index in [0.717, 1.165) is 23.7 Å². The second kappa shape index (κ2) is 6.33. The Hall–Kier alpha value is -2.16. The maximum absolute atomic E-state index is 5.87. The lowest BCUT2D eigenvalue weighted by atomic mass is 10.1. The van der Waals surface area contributed by atoms with E-state index in [9.17, 15) is 0 Å². The van der Waals surface area contributed by atoms with Gasteiger partial charge in [0.25, 0.3) is 0 Å². The van der Waals surface area contributed by atoms with E-state index < -0.39 is 0 Å². The number of nitrogens with zero attached hydrogens (tertiary/aromatic N) is 1. The Bertz CT molecular complexity index is 564. The molecule has 0 saturated heterocycles. The van der Waals surface area contributed by atoms with Gasteiger partial charge in [-0.2, -0.15) is 0 Å². The molecule has 2 rings (SSSR count). The highest BCUT2D eigenvalue weighted by molar-refractivity contribution is 5.52. The van der Waals surface area contributed by atoms with Gasteiger partial charge in [0.05, 0.1) is 6.54 Å². The van der Waals surface area contributed by atoms with Crippen molar-refractivity contribution in [2.45, 2.75) is 13.8 Å². The van der Waals surface area contributed by atoms with Crippen LogP contribution in [-0.4, -0.2) is 20.2 Å². The first-order valence-electron chi connectivity index (χ1n) is 6.83. The SMILES string of the molecule is Cc1cccc(OCCN(C)c2ccc(N)cc2)c1C. The van der Waals surface area contributed by atoms with E-state index in [1.807, 2.05) is 36.4 Å². The van der Waals surface area contributed by atoms with Gasteiger partial charge in [0.2, 0.25) is 0 Å². The largest absolute Gasteiger partial charge is 0.491 e. The van der Waals surface area contributed by atoms with Gasteiger partial charge in [-0.1, -0.05) is 12.1 Å². The van der Waals surface area contributed by atoms with Crippen LogP contribution in [0.2, 0.25) is 0 Å². The van der Waals surface area contributed by atoms with Crippen LogP contribution in [0.15, 0.2) is 42.5 Å². The van der Waals surface area contributed by atoms with E-state index in [4.69, 9.17) is 10.5 Å². The minimum Gasteiger partial charge on any atom is -0.491 e. The van der Waals surface area contributed by atoms with E-state index >= 15 is 0 Å². The fourth-order valence-electron chi connectivity index (χ4n) is 2.03. The normalized spacial score (nSPS) is 10.3. The summed E-state index contributed by atoms with van der Waals surface area (Å²) in [5.41, 5.74) is 10.1. The molecule has 3 nitrogen and oxygen atoms in total. The summed E-state index contributed by atoms with van der Waals surface area (Å²) in [6.07, 6.45) is 0. The van der Waals surface area contributed by atoms with Crippen molar-refractivity contribution >= 4 is 11.4 Å². The van der Waals surface area contributed by atoms with Crippen molar-refractivity contribution in [3.8, 4) is 5.75 Å². The van der Waals surface area contributed by atoms with Crippen molar-refractivity contribution in [2.75, 3.05) is 30.8 Å². The van der Waals surface area contributed by atoms with Gasteiger partial charge in [-0.15, -0.1) is 0 Å². The zero-order valence-electron chi connectivity index (χ0n) is 12.4. The number of hydrogen-bond acceptors (Lipinski definition) is 3. The van der Waals surface area contributed by atoms with Crippen molar-refractivity contribution in [3.05, 3.63) is 53.6 Å². The van der Waals surface area contributed by atoms with E-state index in [1.54, 1.807) is 0 Å². The van der Waals surface area contributed by atoms with Gasteiger partial charge in [-0.3, -0.25) is 0 Å². The molecule has 0 fully saturated rings. The van der Waals surface area contributed by atoms with Gasteiger partial charge in [0.15, 0.2) is 0 Å². The summed E-state index contributed by atoms with van der Waals surface area (Å²) in [5, 5.41) is 0. The molecule has 0 bridgehead atoms. The average molecular weight is 270 g/mol. The number of anilines is 2. The quantitative estimate of drug-likeness (QED) is 0.846. The molecular formula is C17H22N2O. The number of nitrogens with two attached hydrogens (primary N) is 1. The standard InChI is InChI=1S/C17H22N2O/c1-13-5-4-6-17(14(13)2)20-12-11-19(3)16-9-7-15(18)8-10-16/h4-10H,11-12,18H2,1-3H3. The molecule has 0 heterocycles. The molecule has 2 aromatic carbocycles. The second-order valence-corrected chi connectivity index (χ2v) is 5.06. The van der Waals surface area contributed by atoms with Crippen LogP contribution in [-0.2, 0) is 0 Å². The molecular weight excluding hydrogens is 248 g/mol. The van der Waals surface area contributed by atoms with Gasteiger partial charge in [0.1, 0.15) is 12.4 Å². The molecule has 0 saturated carbocycles. The average Bonchev–Trinajstić information content (AvgIpc) is 2.44. The minimum absolute atomic E-state index is 0.658. The molecule has 20 heavy (non-hydrogen) atoms. The summed E-state index contributed by atoms with van der Waals surface area (Å²) in [4.78, 5) is 2.16. The van der Waals surface area contributed by atoms with Crippen molar-refractivity contribution in [1.29, 1.82) is 0 Å². The fraction of sp³-hybridized carbons (Fsp3) is 0.294. The van der Waals surface area contributed by atoms with Gasteiger partial charge in [-0.25, -0.2) is 0 Å². The summed E-state index contributed by atoms with van der Waals surface area (Å²) >= 11 is 0. The van der Waals surface area contributed by atoms with Crippen LogP contribution in [0.3, 0.4) is 0 Å². The Balaban J connectivity index is 1.89. The van der Waals surface area contributed by atoms with Crippen LogP contribution in [0.5, 0.6) is 5.75 Å². The predicted molar refractivity (Wildman–Crippen MR) is 85.5 cm³/mol. The number of hydrogen-bond donors (Lipinski definition) is 1. The maximum atomic E-state index is 5.87. The number of benzene rings is 2. The number of likely N-dealkylation sites (N-methyl/N-ethyl adjacent to an activating group) is 1. The predicted octanol–water partition coefficient (Wildman–Crippen LogP) is 3.40. The van der Waals surface area contributed by atoms with Crippen molar-refractivity contribution in [2.24, 2.45) is 0 Å². The summed E-state index contributed by atoms with van der Waals surface area (Å²) < 4.78 is 5.87. The highest BCUT2D eigenvalue weighted by atomic mass is 16.5. The molecule has 0 radical (unpaired) electrons. The fourth-order valence-corrected chi connectivity index (χ4v) is 2.03. The monoisotopic (exact) mass is 270 g/mol. The van der Waals surface area contributed by atoms with Crippen LogP contribution in [0.25, 0.3) is 0 Å². The second-order valence-electron chi connectivity index (χ2n) is 5.06. The molecule has 0 aliphatic heterocycles. The molecule has 0 atom stereocenters. The van der Waals surface area contributed by atoms with Crippen molar-refractivity contribution in [3.63, 3.8) is 0 Å². The van der Waals surface area contributed by atoms with Crippen LogP contribution in [0.1, 0.15) is 11.1 Å². The lowest BCUT2D eigenvalue weighted by Gasteiger charge is -2.20. The number of nitrogen functional groups attached to an aromatic ring is 1. The summed E-state index contributed by atoms with van der Waals surface area (Å²) in [6.45, 7) is 5.68. The highest BCUT2D eigenvalue weighted by Crippen LogP contribution is 2.20. The van der Waals surface area contributed by atoms with Crippen LogP contribution >= 0.6 is 0 Å². The lowest BCUT2D eigenvalue weighted by molar-refractivity contribution is 0.323. The van der Waals surface area contributed by atoms with Gasteiger partial charge < -0.3 is 15.4 Å². The first-order valence-corrected chi connectivity index (χ1v) is 6.83. The Kier molecular flexibility index (Phi) is 4.51. The van der Waals surface area contributed by atoms with Gasteiger partial charge in [-0.05, 0) is 55.3 Å². The third kappa shape index (κ3) is 3.44. The molecule has 0 unspecified atom stereocenters. The van der Waals surface area contributed by atoms with E-state index in [-0.39, 0.29) is 0 Å². The van der Waals surface area contributed by atoms with Crippen molar-refractivity contribution < 1.29 is 4.74 Å². The molecule has 0 aromatic heterocycles. The first kappa shape index (κ1) is 14.3. The minimum atomic E-state index is 0.658. The Morgan fingerprint density at radius 3 is 2.45 bits per heavy atom. The van der Waals surface area contributed by atoms with Crippen LogP contribution in [0.4, 0.5) is 11.4 Å². The number of aryl methyl sites for hydroxylation is 1. The Morgan fingerprint density at radius 2 is 1.75 bits per heavy atom. The summed E-state index contributed by atoms with van der Waals surface area (Å²) in [7, 11) is 2.05. The van der Waals surface area contributed by atoms with Crippen LogP contribution < -0.4 is 15.4 Å². The lowest BCUT2D eigenvalue weighted by Crippen LogP contribution is -2.23. The Morgan fingerprint density at radius 1 is 1.05 bits per heavy atom. The van der Waals surface area contributed by atoms with Crippen LogP contribution in [0, 0.1) is 13.8 Å². The third-order valence-corrected chi connectivity index (χ3v) is 3.57. The van der Waals surface area contributed by atoms with Gasteiger partial charge in [0, 0.05) is 18.4 Å². The molecule has 0 amide bonds. The van der Waals surface area contributed by atoms with Gasteiger partial charge >= 0.3 is 0 Å². The third-order valence-electron chi connectivity index (χ3n) is 3.57. The van der Waals surface area contributed by atoms with E-state index in [0.29, 0.717) is 6.61 Å². The first-order chi connectivity index (χ1) is 9.58. The number of ether oxygens (including phenoxy) is 1. The van der Waals surface area contributed by atoms with E-state index in [1.165, 1.54) is 11.1 Å². The molecule has 2 N–H and O–H groups in total. The Labute approximate surface area is 121 Å². The molecule has 2 aromatic rings.